The van der Waals surface area contributed by atoms with Gasteiger partial charge in [-0.15, -0.1) is 0 Å². The Kier molecular flexibility index (Phi) is 3.07. The molecule has 0 amide bonds. The second kappa shape index (κ2) is 3.75. The number of alkyl halides is 8. The number of rotatable bonds is 0. The van der Waals surface area contributed by atoms with Crippen LogP contribution in [0.5, 0.6) is 0 Å². The fourth-order valence-corrected chi connectivity index (χ4v) is 5.06. The molecule has 2 fully saturated rings. The highest BCUT2D eigenvalue weighted by Gasteiger charge is 2.81. The fraction of sp³-hybridized carbons (Fsp3) is 1.00. The molecule has 1 aliphatic heterocycles. The molecular formula is C8H7Br2F6N. The first-order chi connectivity index (χ1) is 7.52. The molecule has 4 atom stereocenters. The highest BCUT2D eigenvalue weighted by molar-refractivity contribution is 9.10. The first-order valence-electron chi connectivity index (χ1n) is 4.71. The lowest BCUT2D eigenvalue weighted by atomic mass is 9.82. The summed E-state index contributed by atoms with van der Waals surface area (Å²) in [6.07, 6.45) is -10.9. The van der Waals surface area contributed by atoms with Crippen LogP contribution < -0.4 is 5.32 Å². The van der Waals surface area contributed by atoms with Crippen molar-refractivity contribution in [1.82, 2.24) is 5.32 Å². The monoisotopic (exact) mass is 389 g/mol. The van der Waals surface area contributed by atoms with Crippen LogP contribution in [0.3, 0.4) is 0 Å². The third kappa shape index (κ3) is 1.68. The van der Waals surface area contributed by atoms with Crippen molar-refractivity contribution in [2.45, 2.75) is 40.0 Å². The van der Waals surface area contributed by atoms with Gasteiger partial charge in [0.25, 0.3) is 0 Å². The molecule has 2 bridgehead atoms. The summed E-state index contributed by atoms with van der Waals surface area (Å²) in [5, 5.41) is 1.74. The van der Waals surface area contributed by atoms with Gasteiger partial charge in [-0.25, -0.2) is 0 Å². The Balaban J connectivity index is 2.48. The van der Waals surface area contributed by atoms with Gasteiger partial charge in [-0.05, 0) is 6.42 Å². The summed E-state index contributed by atoms with van der Waals surface area (Å²) in [7, 11) is 0. The van der Waals surface area contributed by atoms with E-state index < -0.39 is 34.7 Å². The lowest BCUT2D eigenvalue weighted by Gasteiger charge is -2.41. The highest BCUT2D eigenvalue weighted by Crippen LogP contribution is 2.59. The van der Waals surface area contributed by atoms with Crippen LogP contribution in [0.4, 0.5) is 26.3 Å². The van der Waals surface area contributed by atoms with E-state index in [1.807, 2.05) is 0 Å². The Hall–Kier alpha value is 0.500. The molecule has 1 nitrogen and oxygen atoms in total. The Morgan fingerprint density at radius 2 is 1.47 bits per heavy atom. The van der Waals surface area contributed by atoms with Gasteiger partial charge in [0.05, 0.1) is 0 Å². The van der Waals surface area contributed by atoms with E-state index in [2.05, 4.69) is 31.9 Å². The standard InChI is InChI=1S/C8H7Br2F6N/c9-3-1-2-4(10)5(3)17-6(2,7(11,12)13)8(14,15)16/h2-5,17H,1H2/t2-,3-,4-,5-/m0/s1. The molecule has 1 saturated carbocycles. The largest absolute Gasteiger partial charge is 0.415 e. The molecule has 17 heavy (non-hydrogen) atoms. The van der Waals surface area contributed by atoms with Crippen LogP contribution in [0, 0.1) is 5.92 Å². The van der Waals surface area contributed by atoms with Gasteiger partial charge >= 0.3 is 12.4 Å². The zero-order chi connectivity index (χ0) is 13.2. The van der Waals surface area contributed by atoms with Gasteiger partial charge < -0.3 is 0 Å². The van der Waals surface area contributed by atoms with Gasteiger partial charge in [-0.1, -0.05) is 31.9 Å². The second-order valence-electron chi connectivity index (χ2n) is 4.28. The molecule has 0 unspecified atom stereocenters. The Morgan fingerprint density at radius 1 is 1.00 bits per heavy atom. The van der Waals surface area contributed by atoms with E-state index in [1.165, 1.54) is 0 Å². The lowest BCUT2D eigenvalue weighted by Crippen LogP contribution is -2.70. The van der Waals surface area contributed by atoms with Crippen molar-refractivity contribution in [3.63, 3.8) is 0 Å². The topological polar surface area (TPSA) is 12.0 Å². The SMILES string of the molecule is FC(F)(F)C1(C(F)(F)F)N[C@@H]2[C@@H](Br)[C@@H]1C[C@@H]2Br. The average molecular weight is 391 g/mol. The smallest absolute Gasteiger partial charge is 0.291 e. The normalized spacial score (nSPS) is 40.9. The van der Waals surface area contributed by atoms with Gasteiger partial charge in [0.15, 0.2) is 0 Å². The Morgan fingerprint density at radius 3 is 1.71 bits per heavy atom. The summed E-state index contributed by atoms with van der Waals surface area (Å²) in [5.74, 6) is -1.54. The first kappa shape index (κ1) is 13.9. The van der Waals surface area contributed by atoms with Crippen molar-refractivity contribution >= 4 is 31.9 Å². The summed E-state index contributed by atoms with van der Waals surface area (Å²) in [4.78, 5) is -1.22. The predicted octanol–water partition coefficient (Wildman–Crippen LogP) is 3.37. The molecule has 0 aromatic carbocycles. The summed E-state index contributed by atoms with van der Waals surface area (Å²) < 4.78 is 77.1. The summed E-state index contributed by atoms with van der Waals surface area (Å²) in [5.41, 5.74) is -3.79. The van der Waals surface area contributed by atoms with Crippen molar-refractivity contribution < 1.29 is 26.3 Å². The number of hydrogen-bond donors (Lipinski definition) is 1. The third-order valence-corrected chi connectivity index (χ3v) is 5.59. The van der Waals surface area contributed by atoms with Gasteiger partial charge in [-0.3, -0.25) is 5.32 Å². The molecule has 1 aliphatic carbocycles. The fourth-order valence-electron chi connectivity index (χ4n) is 2.67. The minimum atomic E-state index is -5.36. The Labute approximate surface area is 110 Å². The number of piperidine rings is 1. The first-order valence-corrected chi connectivity index (χ1v) is 6.55. The van der Waals surface area contributed by atoms with Crippen molar-refractivity contribution in [3.8, 4) is 0 Å². The zero-order valence-electron chi connectivity index (χ0n) is 8.04. The van der Waals surface area contributed by atoms with Crippen LogP contribution >= 0.6 is 31.9 Å². The number of fused-ring (bicyclic) bond motifs is 2. The van der Waals surface area contributed by atoms with Crippen molar-refractivity contribution in [1.29, 1.82) is 0 Å². The average Bonchev–Trinajstić information content (AvgIpc) is 2.53. The van der Waals surface area contributed by atoms with E-state index in [4.69, 9.17) is 0 Å². The van der Waals surface area contributed by atoms with Crippen LogP contribution in [0.25, 0.3) is 0 Å². The molecule has 2 rings (SSSR count). The van der Waals surface area contributed by atoms with E-state index in [0.717, 1.165) is 0 Å². The van der Waals surface area contributed by atoms with E-state index in [0.29, 0.717) is 0 Å². The Bertz CT molecular complexity index is 313. The molecule has 0 radical (unpaired) electrons. The minimum Gasteiger partial charge on any atom is -0.291 e. The molecular weight excluding hydrogens is 384 g/mol. The van der Waals surface area contributed by atoms with E-state index in [1.54, 1.807) is 5.32 Å². The van der Waals surface area contributed by atoms with E-state index in [9.17, 15) is 26.3 Å². The summed E-state index contributed by atoms with van der Waals surface area (Å²) in [6.45, 7) is 0. The molecule has 1 saturated heterocycles. The number of nitrogens with one attached hydrogen (secondary N) is 1. The number of halogens is 8. The molecule has 1 N–H and O–H groups in total. The number of hydrogen-bond acceptors (Lipinski definition) is 1. The van der Waals surface area contributed by atoms with Crippen molar-refractivity contribution in [3.05, 3.63) is 0 Å². The van der Waals surface area contributed by atoms with E-state index in [-0.39, 0.29) is 11.2 Å². The van der Waals surface area contributed by atoms with Gasteiger partial charge in [0.1, 0.15) is 0 Å². The maximum absolute atomic E-state index is 12.9. The lowest BCUT2D eigenvalue weighted by molar-refractivity contribution is -0.318. The van der Waals surface area contributed by atoms with E-state index >= 15 is 0 Å². The second-order valence-corrected chi connectivity index (χ2v) is 6.51. The third-order valence-electron chi connectivity index (χ3n) is 3.44. The van der Waals surface area contributed by atoms with Crippen LogP contribution in [-0.2, 0) is 0 Å². The summed E-state index contributed by atoms with van der Waals surface area (Å²) in [6, 6.07) is -0.872. The van der Waals surface area contributed by atoms with Crippen LogP contribution in [-0.4, -0.2) is 33.6 Å². The van der Waals surface area contributed by atoms with Crippen LogP contribution in [0.15, 0.2) is 0 Å². The van der Waals surface area contributed by atoms with Crippen molar-refractivity contribution in [2.75, 3.05) is 0 Å². The maximum Gasteiger partial charge on any atom is 0.415 e. The summed E-state index contributed by atoms with van der Waals surface area (Å²) >= 11 is 6.03. The minimum absolute atomic E-state index is 0.160. The van der Waals surface area contributed by atoms with Gasteiger partial charge in [-0.2, -0.15) is 26.3 Å². The molecule has 0 aromatic rings. The maximum atomic E-state index is 12.9. The molecule has 1 heterocycles. The highest BCUT2D eigenvalue weighted by atomic mass is 79.9. The van der Waals surface area contributed by atoms with Crippen molar-refractivity contribution in [2.24, 2.45) is 5.92 Å². The van der Waals surface area contributed by atoms with Crippen LogP contribution in [0.1, 0.15) is 6.42 Å². The molecule has 0 spiro atoms. The molecule has 2 aliphatic rings. The predicted molar refractivity (Wildman–Crippen MR) is 55.3 cm³/mol. The molecule has 100 valence electrons. The molecule has 0 aromatic heterocycles. The quantitative estimate of drug-likeness (QED) is 0.494. The molecule has 9 heteroatoms. The van der Waals surface area contributed by atoms with Gasteiger partial charge in [0, 0.05) is 21.6 Å². The zero-order valence-corrected chi connectivity index (χ0v) is 11.2. The van der Waals surface area contributed by atoms with Crippen LogP contribution in [0.2, 0.25) is 0 Å². The van der Waals surface area contributed by atoms with Gasteiger partial charge in [0.2, 0.25) is 5.54 Å².